The molecule has 130 valence electrons. The number of aromatic amines is 1. The van der Waals surface area contributed by atoms with Crippen LogP contribution in [0.2, 0.25) is 10.0 Å². The summed E-state index contributed by atoms with van der Waals surface area (Å²) < 4.78 is 5.23. The maximum Gasteiger partial charge on any atom is 0.306 e. The molecule has 1 heterocycles. The Bertz CT molecular complexity index is 914. The number of halogens is 2. The minimum atomic E-state index is -0.413. The first-order valence-electron chi connectivity index (χ1n) is 7.55. The highest BCUT2D eigenvalue weighted by Gasteiger charge is 2.14. The van der Waals surface area contributed by atoms with Gasteiger partial charge in [0.05, 0.1) is 10.0 Å². The van der Waals surface area contributed by atoms with Gasteiger partial charge in [0.1, 0.15) is 18.2 Å². The fourth-order valence-electron chi connectivity index (χ4n) is 2.51. The number of hydrogen-bond donors (Lipinski definition) is 1. The van der Waals surface area contributed by atoms with Gasteiger partial charge in [0.15, 0.2) is 0 Å². The highest BCUT2D eigenvalue weighted by Crippen LogP contribution is 2.23. The Kier molecular flexibility index (Phi) is 6.24. The lowest BCUT2D eigenvalue weighted by Gasteiger charge is -2.11. The van der Waals surface area contributed by atoms with E-state index in [1.54, 1.807) is 32.0 Å². The Morgan fingerprint density at radius 3 is 2.64 bits per heavy atom. The number of carbonyl (C=O) groups is 1. The summed E-state index contributed by atoms with van der Waals surface area (Å²) in [7, 11) is 0. The van der Waals surface area contributed by atoms with Crippen LogP contribution in [0.5, 0.6) is 0 Å². The topological polar surface area (TPSA) is 83.0 Å². The quantitative estimate of drug-likeness (QED) is 0.800. The lowest BCUT2D eigenvalue weighted by atomic mass is 9.99. The normalized spacial score (nSPS) is 10.4. The minimum absolute atomic E-state index is 0.0739. The van der Waals surface area contributed by atoms with E-state index in [1.807, 2.05) is 6.07 Å². The maximum absolute atomic E-state index is 12.0. The molecule has 0 aliphatic heterocycles. The summed E-state index contributed by atoms with van der Waals surface area (Å²) in [6, 6.07) is 6.91. The number of aromatic nitrogens is 1. The Labute approximate surface area is 155 Å². The average Bonchev–Trinajstić information content (AvgIpc) is 2.55. The molecule has 7 heteroatoms. The van der Waals surface area contributed by atoms with Gasteiger partial charge in [-0.1, -0.05) is 29.3 Å². The van der Waals surface area contributed by atoms with Crippen LogP contribution in [0.3, 0.4) is 0 Å². The number of esters is 1. The highest BCUT2D eigenvalue weighted by atomic mass is 35.5. The zero-order valence-corrected chi connectivity index (χ0v) is 15.3. The van der Waals surface area contributed by atoms with E-state index in [0.717, 1.165) is 11.1 Å². The third kappa shape index (κ3) is 4.62. The van der Waals surface area contributed by atoms with Crippen molar-refractivity contribution in [2.75, 3.05) is 0 Å². The number of nitrogens with zero attached hydrogens (tertiary/aromatic N) is 1. The molecule has 0 bridgehead atoms. The van der Waals surface area contributed by atoms with Crippen LogP contribution in [0.4, 0.5) is 0 Å². The molecule has 25 heavy (non-hydrogen) atoms. The summed E-state index contributed by atoms with van der Waals surface area (Å²) >= 11 is 11.8. The first-order chi connectivity index (χ1) is 11.8. The van der Waals surface area contributed by atoms with E-state index in [9.17, 15) is 9.59 Å². The molecule has 1 N–H and O–H groups in total. The fraction of sp³-hybridized carbons (Fsp3) is 0.278. The second kappa shape index (κ2) is 8.19. The molecule has 2 aromatic rings. The van der Waals surface area contributed by atoms with E-state index in [4.69, 9.17) is 33.2 Å². The first-order valence-corrected chi connectivity index (χ1v) is 8.31. The molecule has 0 saturated heterocycles. The SMILES string of the molecule is Cc1[nH]c(=O)c(C#N)c(C)c1CCC(=O)OCc1ccc(Cl)c(Cl)c1. The summed E-state index contributed by atoms with van der Waals surface area (Å²) in [5.74, 6) is -0.380. The van der Waals surface area contributed by atoms with Crippen LogP contribution in [-0.4, -0.2) is 11.0 Å². The molecule has 0 aliphatic rings. The summed E-state index contributed by atoms with van der Waals surface area (Å²) in [5, 5.41) is 9.90. The molecule has 0 unspecified atom stereocenters. The third-order valence-electron chi connectivity index (χ3n) is 3.88. The van der Waals surface area contributed by atoms with Gasteiger partial charge in [-0.05, 0) is 49.1 Å². The zero-order valence-electron chi connectivity index (χ0n) is 13.8. The van der Waals surface area contributed by atoms with Crippen molar-refractivity contribution in [3.8, 4) is 6.07 Å². The molecule has 2 rings (SSSR count). The molecule has 0 radical (unpaired) electrons. The molecular formula is C18H16Cl2N2O3. The lowest BCUT2D eigenvalue weighted by Crippen LogP contribution is -2.17. The van der Waals surface area contributed by atoms with E-state index >= 15 is 0 Å². The van der Waals surface area contributed by atoms with Crippen LogP contribution in [0.25, 0.3) is 0 Å². The molecule has 0 atom stereocenters. The van der Waals surface area contributed by atoms with E-state index in [1.165, 1.54) is 0 Å². The number of benzene rings is 1. The van der Waals surface area contributed by atoms with Crippen molar-refractivity contribution in [2.45, 2.75) is 33.3 Å². The summed E-state index contributed by atoms with van der Waals surface area (Å²) in [4.78, 5) is 26.3. The summed E-state index contributed by atoms with van der Waals surface area (Å²) in [6.07, 6.45) is 0.517. The molecular weight excluding hydrogens is 363 g/mol. The molecule has 1 aromatic heterocycles. The van der Waals surface area contributed by atoms with Crippen LogP contribution in [0, 0.1) is 25.2 Å². The van der Waals surface area contributed by atoms with Crippen molar-refractivity contribution >= 4 is 29.2 Å². The van der Waals surface area contributed by atoms with Crippen molar-refractivity contribution in [1.82, 2.24) is 4.98 Å². The van der Waals surface area contributed by atoms with Crippen LogP contribution in [0.1, 0.15) is 34.4 Å². The number of aryl methyl sites for hydroxylation is 1. The second-order valence-electron chi connectivity index (χ2n) is 5.58. The number of carbonyl (C=O) groups excluding carboxylic acids is 1. The fourth-order valence-corrected chi connectivity index (χ4v) is 2.83. The number of nitrogens with one attached hydrogen (secondary N) is 1. The van der Waals surface area contributed by atoms with Crippen molar-refractivity contribution in [3.05, 3.63) is 66.5 Å². The molecule has 0 saturated carbocycles. The Morgan fingerprint density at radius 1 is 1.28 bits per heavy atom. The van der Waals surface area contributed by atoms with Crippen molar-refractivity contribution in [3.63, 3.8) is 0 Å². The van der Waals surface area contributed by atoms with E-state index in [-0.39, 0.29) is 24.6 Å². The number of ether oxygens (including phenoxy) is 1. The second-order valence-corrected chi connectivity index (χ2v) is 6.39. The summed E-state index contributed by atoms with van der Waals surface area (Å²) in [5.41, 5.74) is 2.43. The zero-order chi connectivity index (χ0) is 18.6. The molecule has 0 aliphatic carbocycles. The molecule has 0 amide bonds. The summed E-state index contributed by atoms with van der Waals surface area (Å²) in [6.45, 7) is 3.55. The van der Waals surface area contributed by atoms with E-state index in [2.05, 4.69) is 4.98 Å². The van der Waals surface area contributed by atoms with E-state index in [0.29, 0.717) is 27.7 Å². The van der Waals surface area contributed by atoms with Crippen molar-refractivity contribution in [2.24, 2.45) is 0 Å². The Hall–Kier alpha value is -2.29. The number of hydrogen-bond acceptors (Lipinski definition) is 4. The Balaban J connectivity index is 2.00. The van der Waals surface area contributed by atoms with Gasteiger partial charge in [-0.15, -0.1) is 0 Å². The van der Waals surface area contributed by atoms with Gasteiger partial charge in [-0.25, -0.2) is 0 Å². The number of nitriles is 1. The van der Waals surface area contributed by atoms with Gasteiger partial charge in [0.2, 0.25) is 0 Å². The molecule has 5 nitrogen and oxygen atoms in total. The predicted octanol–water partition coefficient (Wildman–Crippen LogP) is 3.85. The number of H-pyrrole nitrogens is 1. The molecule has 1 aromatic carbocycles. The largest absolute Gasteiger partial charge is 0.461 e. The highest BCUT2D eigenvalue weighted by molar-refractivity contribution is 6.42. The van der Waals surface area contributed by atoms with Gasteiger partial charge in [0, 0.05) is 12.1 Å². The molecule has 0 spiro atoms. The third-order valence-corrected chi connectivity index (χ3v) is 4.62. The average molecular weight is 379 g/mol. The lowest BCUT2D eigenvalue weighted by molar-refractivity contribution is -0.144. The monoisotopic (exact) mass is 378 g/mol. The van der Waals surface area contributed by atoms with Crippen molar-refractivity contribution in [1.29, 1.82) is 5.26 Å². The van der Waals surface area contributed by atoms with Gasteiger partial charge in [-0.2, -0.15) is 5.26 Å². The number of pyridine rings is 1. The Morgan fingerprint density at radius 2 is 2.00 bits per heavy atom. The van der Waals surface area contributed by atoms with Crippen LogP contribution in [0.15, 0.2) is 23.0 Å². The first kappa shape index (κ1) is 19.0. The van der Waals surface area contributed by atoms with Crippen LogP contribution < -0.4 is 5.56 Å². The van der Waals surface area contributed by atoms with Gasteiger partial charge >= 0.3 is 5.97 Å². The van der Waals surface area contributed by atoms with Crippen LogP contribution >= 0.6 is 23.2 Å². The molecule has 0 fully saturated rings. The van der Waals surface area contributed by atoms with E-state index < -0.39 is 5.56 Å². The standard InChI is InChI=1S/C18H16Cl2N2O3/c1-10-13(11(2)22-18(24)14(10)8-21)4-6-17(23)25-9-12-3-5-15(19)16(20)7-12/h3,5,7H,4,6,9H2,1-2H3,(H,22,24). The van der Waals surface area contributed by atoms with Gasteiger partial charge < -0.3 is 9.72 Å². The maximum atomic E-state index is 12.0. The van der Waals surface area contributed by atoms with Crippen molar-refractivity contribution < 1.29 is 9.53 Å². The van der Waals surface area contributed by atoms with Crippen LogP contribution in [-0.2, 0) is 22.6 Å². The predicted molar refractivity (Wildman–Crippen MR) is 95.8 cm³/mol. The minimum Gasteiger partial charge on any atom is -0.461 e. The van der Waals surface area contributed by atoms with Gasteiger partial charge in [0.25, 0.3) is 5.56 Å². The smallest absolute Gasteiger partial charge is 0.306 e. The van der Waals surface area contributed by atoms with Gasteiger partial charge in [-0.3, -0.25) is 9.59 Å². The number of rotatable bonds is 5.